The highest BCUT2D eigenvalue weighted by Gasteiger charge is 2.24. The first-order valence-electron chi connectivity index (χ1n) is 18.4. The molecule has 1 aliphatic heterocycles. The van der Waals surface area contributed by atoms with Gasteiger partial charge in [-0.25, -0.2) is 9.97 Å². The van der Waals surface area contributed by atoms with Crippen LogP contribution in [0, 0.1) is 0 Å². The van der Waals surface area contributed by atoms with E-state index in [0.717, 1.165) is 45.2 Å². The molecule has 0 saturated carbocycles. The molecule has 2 aromatic heterocycles. The molecular formula is C50H31N3S2. The SMILES string of the molecule is c1ccc(-c2cc(-c3ccc(-c4ccc(-n5c6ccc7c(c6c6ccc8ccccc8c65)Sc5ccccc5S7)cc4)cc3)nc(-c3ccccc3)n2)cc1. The van der Waals surface area contributed by atoms with Crippen molar-refractivity contribution in [2.45, 2.75) is 19.6 Å². The number of rotatable bonds is 5. The van der Waals surface area contributed by atoms with Gasteiger partial charge in [0, 0.05) is 58.1 Å². The molecule has 258 valence electrons. The van der Waals surface area contributed by atoms with Gasteiger partial charge >= 0.3 is 0 Å². The van der Waals surface area contributed by atoms with Gasteiger partial charge in [0.2, 0.25) is 0 Å². The first kappa shape index (κ1) is 32.1. The minimum atomic E-state index is 0.720. The molecule has 8 aromatic carbocycles. The van der Waals surface area contributed by atoms with E-state index >= 15 is 0 Å². The Morgan fingerprint density at radius 1 is 0.400 bits per heavy atom. The van der Waals surface area contributed by atoms with Crippen molar-refractivity contribution in [3.05, 3.63) is 188 Å². The lowest BCUT2D eigenvalue weighted by Gasteiger charge is -2.19. The standard InChI is InChI=1S/C50H31N3S2/c1-3-12-35(13-4-1)41-31-42(52-50(51-41)37-14-5-2-6-15-37)36-21-19-32(20-22-36)33-23-26-38(27-24-33)53-43-29-30-46-49(55-45-18-10-9-17-44(45)54-46)47(43)40-28-25-34-11-7-8-16-39(34)48(40)53/h1-31H. The van der Waals surface area contributed by atoms with Crippen LogP contribution < -0.4 is 0 Å². The van der Waals surface area contributed by atoms with Crippen molar-refractivity contribution in [3.8, 4) is 50.7 Å². The van der Waals surface area contributed by atoms with E-state index in [0.29, 0.717) is 0 Å². The van der Waals surface area contributed by atoms with Crippen LogP contribution in [0.5, 0.6) is 0 Å². The quantitative estimate of drug-likeness (QED) is 0.176. The zero-order chi connectivity index (χ0) is 36.3. The Hall–Kier alpha value is -6.40. The third-order valence-electron chi connectivity index (χ3n) is 10.5. The Morgan fingerprint density at radius 2 is 0.982 bits per heavy atom. The summed E-state index contributed by atoms with van der Waals surface area (Å²) in [6, 6.07) is 67.1. The van der Waals surface area contributed by atoms with Crippen molar-refractivity contribution in [2.24, 2.45) is 0 Å². The Labute approximate surface area is 327 Å². The van der Waals surface area contributed by atoms with Crippen LogP contribution in [0.25, 0.3) is 83.3 Å². The molecule has 3 heterocycles. The molecule has 0 atom stereocenters. The molecule has 5 heteroatoms. The molecule has 0 spiro atoms. The Kier molecular flexibility index (Phi) is 7.68. The summed E-state index contributed by atoms with van der Waals surface area (Å²) in [4.78, 5) is 15.3. The number of aromatic nitrogens is 3. The van der Waals surface area contributed by atoms with Crippen LogP contribution in [-0.4, -0.2) is 14.5 Å². The lowest BCUT2D eigenvalue weighted by molar-refractivity contribution is 1.16. The molecule has 1 aliphatic rings. The summed E-state index contributed by atoms with van der Waals surface area (Å²) in [5.74, 6) is 0.720. The largest absolute Gasteiger partial charge is 0.309 e. The number of benzene rings is 8. The van der Waals surface area contributed by atoms with Crippen molar-refractivity contribution in [1.29, 1.82) is 0 Å². The van der Waals surface area contributed by atoms with E-state index in [1.165, 1.54) is 57.7 Å². The zero-order valence-corrected chi connectivity index (χ0v) is 31.2. The number of nitrogens with zero attached hydrogens (tertiary/aromatic N) is 3. The summed E-state index contributed by atoms with van der Waals surface area (Å²) in [6.45, 7) is 0. The van der Waals surface area contributed by atoms with Gasteiger partial charge in [-0.2, -0.15) is 0 Å². The van der Waals surface area contributed by atoms with E-state index in [1.807, 2.05) is 59.9 Å². The third-order valence-corrected chi connectivity index (χ3v) is 13.1. The van der Waals surface area contributed by atoms with Crippen LogP contribution in [0.15, 0.2) is 208 Å². The third kappa shape index (κ3) is 5.55. The molecule has 0 aliphatic carbocycles. The highest BCUT2D eigenvalue weighted by atomic mass is 32.2. The fourth-order valence-corrected chi connectivity index (χ4v) is 10.2. The number of fused-ring (bicyclic) bond motifs is 8. The normalized spacial score (nSPS) is 12.2. The van der Waals surface area contributed by atoms with Crippen molar-refractivity contribution >= 4 is 56.1 Å². The molecule has 0 radical (unpaired) electrons. The highest BCUT2D eigenvalue weighted by molar-refractivity contribution is 8.05. The topological polar surface area (TPSA) is 30.7 Å². The fourth-order valence-electron chi connectivity index (χ4n) is 7.82. The fraction of sp³-hybridized carbons (Fsp3) is 0. The van der Waals surface area contributed by atoms with Gasteiger partial charge < -0.3 is 4.57 Å². The molecular weight excluding hydrogens is 707 g/mol. The molecule has 0 bridgehead atoms. The minimum absolute atomic E-state index is 0.720. The van der Waals surface area contributed by atoms with Gasteiger partial charge in [-0.1, -0.05) is 169 Å². The maximum Gasteiger partial charge on any atom is 0.160 e. The minimum Gasteiger partial charge on any atom is -0.309 e. The predicted molar refractivity (Wildman–Crippen MR) is 230 cm³/mol. The monoisotopic (exact) mass is 737 g/mol. The lowest BCUT2D eigenvalue weighted by atomic mass is 10.0. The summed E-state index contributed by atoms with van der Waals surface area (Å²) in [5, 5.41) is 5.11. The van der Waals surface area contributed by atoms with E-state index < -0.39 is 0 Å². The number of hydrogen-bond donors (Lipinski definition) is 0. The van der Waals surface area contributed by atoms with Gasteiger partial charge in [0.05, 0.1) is 22.4 Å². The average Bonchev–Trinajstić information content (AvgIpc) is 3.62. The van der Waals surface area contributed by atoms with Crippen molar-refractivity contribution in [2.75, 3.05) is 0 Å². The first-order chi connectivity index (χ1) is 27.2. The van der Waals surface area contributed by atoms with Gasteiger partial charge in [0.1, 0.15) is 0 Å². The van der Waals surface area contributed by atoms with Gasteiger partial charge in [-0.05, 0) is 59.0 Å². The summed E-state index contributed by atoms with van der Waals surface area (Å²) in [5.41, 5.74) is 10.9. The molecule has 3 nitrogen and oxygen atoms in total. The summed E-state index contributed by atoms with van der Waals surface area (Å²) in [6.07, 6.45) is 0. The number of hydrogen-bond acceptors (Lipinski definition) is 4. The van der Waals surface area contributed by atoms with Gasteiger partial charge in [-0.3, -0.25) is 0 Å². The maximum atomic E-state index is 5.03. The van der Waals surface area contributed by atoms with Crippen LogP contribution in [-0.2, 0) is 0 Å². The molecule has 0 unspecified atom stereocenters. The van der Waals surface area contributed by atoms with Crippen LogP contribution >= 0.6 is 23.5 Å². The van der Waals surface area contributed by atoms with E-state index in [2.05, 4.69) is 156 Å². The summed E-state index contributed by atoms with van der Waals surface area (Å²) >= 11 is 3.77. The molecule has 55 heavy (non-hydrogen) atoms. The molecule has 0 fully saturated rings. The first-order valence-corrected chi connectivity index (χ1v) is 20.0. The average molecular weight is 738 g/mol. The Balaban J connectivity index is 0.990. The van der Waals surface area contributed by atoms with E-state index in [4.69, 9.17) is 9.97 Å². The van der Waals surface area contributed by atoms with Crippen molar-refractivity contribution < 1.29 is 0 Å². The zero-order valence-electron chi connectivity index (χ0n) is 29.6. The second-order valence-corrected chi connectivity index (χ2v) is 15.9. The molecule has 11 rings (SSSR count). The van der Waals surface area contributed by atoms with Crippen LogP contribution in [0.3, 0.4) is 0 Å². The van der Waals surface area contributed by atoms with Crippen molar-refractivity contribution in [3.63, 3.8) is 0 Å². The van der Waals surface area contributed by atoms with Crippen LogP contribution in [0.2, 0.25) is 0 Å². The second-order valence-electron chi connectivity index (χ2n) is 13.8. The molecule has 10 aromatic rings. The smallest absolute Gasteiger partial charge is 0.160 e. The Morgan fingerprint density at radius 3 is 1.71 bits per heavy atom. The van der Waals surface area contributed by atoms with Gasteiger partial charge in [0.25, 0.3) is 0 Å². The van der Waals surface area contributed by atoms with Gasteiger partial charge in [0.15, 0.2) is 5.82 Å². The second kappa shape index (κ2) is 13.2. The highest BCUT2D eigenvalue weighted by Crippen LogP contribution is 2.53. The molecule has 0 amide bonds. The van der Waals surface area contributed by atoms with Gasteiger partial charge in [-0.15, -0.1) is 0 Å². The van der Waals surface area contributed by atoms with Crippen LogP contribution in [0.1, 0.15) is 0 Å². The molecule has 0 N–H and O–H groups in total. The maximum absolute atomic E-state index is 5.03. The summed E-state index contributed by atoms with van der Waals surface area (Å²) in [7, 11) is 0. The van der Waals surface area contributed by atoms with E-state index in [-0.39, 0.29) is 0 Å². The van der Waals surface area contributed by atoms with E-state index in [1.54, 1.807) is 0 Å². The lowest BCUT2D eigenvalue weighted by Crippen LogP contribution is -1.96. The van der Waals surface area contributed by atoms with Crippen molar-refractivity contribution in [1.82, 2.24) is 14.5 Å². The van der Waals surface area contributed by atoms with Crippen LogP contribution in [0.4, 0.5) is 0 Å². The predicted octanol–water partition coefficient (Wildman–Crippen LogP) is 14.0. The van der Waals surface area contributed by atoms with E-state index in [9.17, 15) is 0 Å². The molecule has 0 saturated heterocycles. The Bertz CT molecular complexity index is 3010. The summed E-state index contributed by atoms with van der Waals surface area (Å²) < 4.78 is 2.47.